The van der Waals surface area contributed by atoms with Crippen molar-refractivity contribution in [3.8, 4) is 22.3 Å². The molecule has 0 unspecified atom stereocenters. The molecule has 4 aromatic rings. The fourth-order valence-electron chi connectivity index (χ4n) is 3.01. The molecule has 1 nitrogen and oxygen atoms in total. The van der Waals surface area contributed by atoms with Crippen LogP contribution in [0.4, 0.5) is 0 Å². The van der Waals surface area contributed by atoms with Gasteiger partial charge in [0.2, 0.25) is 5.52 Å². The van der Waals surface area contributed by atoms with Crippen molar-refractivity contribution < 1.29 is 4.57 Å². The number of benzene rings is 3. The van der Waals surface area contributed by atoms with E-state index in [1.807, 2.05) is 6.07 Å². The van der Waals surface area contributed by atoms with Gasteiger partial charge in [-0.05, 0) is 34.4 Å². The van der Waals surface area contributed by atoms with Gasteiger partial charge in [0.15, 0.2) is 6.20 Å². The first-order chi connectivity index (χ1) is 11.3. The fraction of sp³-hybridized carbons (Fsp3) is 0.0455. The molecular formula is C22H18N+. The molecule has 23 heavy (non-hydrogen) atoms. The zero-order valence-electron chi connectivity index (χ0n) is 13.1. The van der Waals surface area contributed by atoms with Crippen LogP contribution in [0.25, 0.3) is 33.2 Å². The Kier molecular flexibility index (Phi) is 3.39. The maximum absolute atomic E-state index is 2.26. The highest BCUT2D eigenvalue weighted by atomic mass is 14.9. The van der Waals surface area contributed by atoms with Crippen LogP contribution in [0.5, 0.6) is 0 Å². The number of pyridine rings is 1. The number of hydrogen-bond acceptors (Lipinski definition) is 0. The molecule has 0 bridgehead atoms. The molecule has 0 saturated heterocycles. The van der Waals surface area contributed by atoms with Crippen LogP contribution in [0.1, 0.15) is 0 Å². The molecule has 0 N–H and O–H groups in total. The summed E-state index contributed by atoms with van der Waals surface area (Å²) in [5.41, 5.74) is 6.25. The van der Waals surface area contributed by atoms with Crippen LogP contribution < -0.4 is 4.57 Å². The molecule has 0 saturated carbocycles. The Morgan fingerprint density at radius 3 is 1.91 bits per heavy atom. The maximum atomic E-state index is 2.26. The third-order valence-electron chi connectivity index (χ3n) is 4.32. The number of fused-ring (bicyclic) bond motifs is 1. The van der Waals surface area contributed by atoms with E-state index in [1.54, 1.807) is 0 Å². The normalized spacial score (nSPS) is 10.8. The molecule has 0 fully saturated rings. The fourth-order valence-corrected chi connectivity index (χ4v) is 3.01. The van der Waals surface area contributed by atoms with Crippen molar-refractivity contribution in [3.05, 3.63) is 91.1 Å². The third kappa shape index (κ3) is 2.62. The minimum atomic E-state index is 1.25. The molecule has 0 aliphatic heterocycles. The predicted molar refractivity (Wildman–Crippen MR) is 96.0 cm³/mol. The number of aromatic nitrogens is 1. The van der Waals surface area contributed by atoms with E-state index in [1.165, 1.54) is 33.2 Å². The Morgan fingerprint density at radius 2 is 1.17 bits per heavy atom. The van der Waals surface area contributed by atoms with Crippen molar-refractivity contribution in [2.75, 3.05) is 0 Å². The van der Waals surface area contributed by atoms with Crippen LogP contribution in [0.3, 0.4) is 0 Å². The second-order valence-electron chi connectivity index (χ2n) is 5.84. The lowest BCUT2D eigenvalue weighted by molar-refractivity contribution is -0.644. The Labute approximate surface area is 136 Å². The highest BCUT2D eigenvalue weighted by Crippen LogP contribution is 2.26. The van der Waals surface area contributed by atoms with Gasteiger partial charge >= 0.3 is 0 Å². The van der Waals surface area contributed by atoms with Gasteiger partial charge in [0.25, 0.3) is 0 Å². The minimum Gasteiger partial charge on any atom is -0.201 e. The first-order valence-electron chi connectivity index (χ1n) is 7.85. The molecular weight excluding hydrogens is 278 g/mol. The molecule has 4 rings (SSSR count). The van der Waals surface area contributed by atoms with Gasteiger partial charge in [-0.2, -0.15) is 0 Å². The van der Waals surface area contributed by atoms with E-state index in [4.69, 9.17) is 0 Å². The number of rotatable bonds is 2. The molecule has 0 aliphatic carbocycles. The molecule has 3 aromatic carbocycles. The summed E-state index contributed by atoms with van der Waals surface area (Å²) in [7, 11) is 2.09. The van der Waals surface area contributed by atoms with Gasteiger partial charge in [-0.15, -0.1) is 0 Å². The predicted octanol–water partition coefficient (Wildman–Crippen LogP) is 5.00. The van der Waals surface area contributed by atoms with Crippen LogP contribution in [0.15, 0.2) is 91.1 Å². The Morgan fingerprint density at radius 1 is 0.565 bits per heavy atom. The monoisotopic (exact) mass is 296 g/mol. The smallest absolute Gasteiger partial charge is 0.201 e. The molecule has 1 aromatic heterocycles. The molecule has 0 atom stereocenters. The summed E-state index contributed by atoms with van der Waals surface area (Å²) in [4.78, 5) is 0. The number of nitrogens with zero attached hydrogens (tertiary/aromatic N) is 1. The first-order valence-corrected chi connectivity index (χ1v) is 7.85. The van der Waals surface area contributed by atoms with Gasteiger partial charge in [-0.3, -0.25) is 0 Å². The van der Waals surface area contributed by atoms with E-state index in [2.05, 4.69) is 96.7 Å². The van der Waals surface area contributed by atoms with E-state index < -0.39 is 0 Å². The van der Waals surface area contributed by atoms with Crippen LogP contribution in [-0.4, -0.2) is 0 Å². The molecule has 110 valence electrons. The summed E-state index contributed by atoms with van der Waals surface area (Å²) in [6.07, 6.45) is 2.09. The minimum absolute atomic E-state index is 1.25. The quantitative estimate of drug-likeness (QED) is 0.458. The molecule has 0 aliphatic rings. The summed E-state index contributed by atoms with van der Waals surface area (Å²) < 4.78 is 2.16. The van der Waals surface area contributed by atoms with Crippen molar-refractivity contribution >= 4 is 10.9 Å². The lowest BCUT2D eigenvalue weighted by Gasteiger charge is -2.06. The SMILES string of the molecule is C[n+]1cccc2ccc(-c3ccc(-c4ccccc4)cc3)cc21. The van der Waals surface area contributed by atoms with E-state index in [-0.39, 0.29) is 0 Å². The van der Waals surface area contributed by atoms with Crippen molar-refractivity contribution in [3.63, 3.8) is 0 Å². The summed E-state index contributed by atoms with van der Waals surface area (Å²) in [5.74, 6) is 0. The molecule has 0 spiro atoms. The topological polar surface area (TPSA) is 3.88 Å². The molecule has 1 heteroatoms. The highest BCUT2D eigenvalue weighted by molar-refractivity contribution is 5.82. The lowest BCUT2D eigenvalue weighted by atomic mass is 9.99. The zero-order valence-corrected chi connectivity index (χ0v) is 13.1. The van der Waals surface area contributed by atoms with Gasteiger partial charge in [-0.25, -0.2) is 4.57 Å². The molecule has 1 heterocycles. The van der Waals surface area contributed by atoms with Crippen LogP contribution in [0.2, 0.25) is 0 Å². The van der Waals surface area contributed by atoms with Gasteiger partial charge in [-0.1, -0.05) is 60.7 Å². The number of aryl methyl sites for hydroxylation is 1. The molecule has 0 amide bonds. The Hall–Kier alpha value is -2.93. The van der Waals surface area contributed by atoms with Gasteiger partial charge in [0.05, 0.1) is 0 Å². The van der Waals surface area contributed by atoms with Crippen LogP contribution >= 0.6 is 0 Å². The van der Waals surface area contributed by atoms with Crippen molar-refractivity contribution in [1.29, 1.82) is 0 Å². The van der Waals surface area contributed by atoms with Gasteiger partial charge in [0.1, 0.15) is 7.05 Å². The number of hydrogen-bond donors (Lipinski definition) is 0. The Bertz CT molecular complexity index is 954. The van der Waals surface area contributed by atoms with Gasteiger partial charge in [0, 0.05) is 17.5 Å². The standard InChI is InChI=1S/C22H18N/c1-23-15-5-8-20-13-14-21(16-22(20)23)19-11-9-18(10-12-19)17-6-3-2-4-7-17/h2-16H,1H3/q+1. The van der Waals surface area contributed by atoms with Gasteiger partial charge < -0.3 is 0 Å². The summed E-state index contributed by atoms with van der Waals surface area (Å²) in [6.45, 7) is 0. The third-order valence-corrected chi connectivity index (χ3v) is 4.32. The van der Waals surface area contributed by atoms with Crippen molar-refractivity contribution in [2.45, 2.75) is 0 Å². The summed E-state index contributed by atoms with van der Waals surface area (Å²) in [5, 5.41) is 1.26. The lowest BCUT2D eigenvalue weighted by Crippen LogP contribution is -2.27. The van der Waals surface area contributed by atoms with E-state index in [9.17, 15) is 0 Å². The van der Waals surface area contributed by atoms with E-state index in [0.717, 1.165) is 0 Å². The summed E-state index contributed by atoms with van der Waals surface area (Å²) >= 11 is 0. The highest BCUT2D eigenvalue weighted by Gasteiger charge is 2.07. The summed E-state index contributed by atoms with van der Waals surface area (Å²) in [6, 6.07) is 30.2. The van der Waals surface area contributed by atoms with E-state index in [0.29, 0.717) is 0 Å². The average molecular weight is 296 g/mol. The second-order valence-corrected chi connectivity index (χ2v) is 5.84. The van der Waals surface area contributed by atoms with Crippen LogP contribution in [0, 0.1) is 0 Å². The second kappa shape index (κ2) is 5.69. The average Bonchev–Trinajstić information content (AvgIpc) is 2.63. The van der Waals surface area contributed by atoms with Crippen molar-refractivity contribution in [1.82, 2.24) is 0 Å². The van der Waals surface area contributed by atoms with Crippen molar-refractivity contribution in [2.24, 2.45) is 7.05 Å². The largest absolute Gasteiger partial charge is 0.212 e. The van der Waals surface area contributed by atoms with E-state index >= 15 is 0 Å². The first kappa shape index (κ1) is 13.7. The zero-order chi connectivity index (χ0) is 15.6. The Balaban J connectivity index is 1.75. The molecule has 0 radical (unpaired) electrons. The van der Waals surface area contributed by atoms with Crippen LogP contribution in [-0.2, 0) is 7.05 Å². The maximum Gasteiger partial charge on any atom is 0.212 e.